The van der Waals surface area contributed by atoms with E-state index in [1.54, 1.807) is 60.7 Å². The van der Waals surface area contributed by atoms with Crippen molar-refractivity contribution in [2.45, 2.75) is 83.2 Å². The van der Waals surface area contributed by atoms with Crippen molar-refractivity contribution < 1.29 is 33.4 Å². The van der Waals surface area contributed by atoms with E-state index in [0.29, 0.717) is 48.6 Å². The van der Waals surface area contributed by atoms with Crippen LogP contribution in [0.15, 0.2) is 84.9 Å². The van der Waals surface area contributed by atoms with Gasteiger partial charge in [0.05, 0.1) is 43.1 Å². The number of rotatable bonds is 11. The lowest BCUT2D eigenvalue weighted by Gasteiger charge is -2.38. The zero-order valence-electron chi connectivity index (χ0n) is 34.8. The van der Waals surface area contributed by atoms with Crippen LogP contribution in [0.3, 0.4) is 0 Å². The van der Waals surface area contributed by atoms with Crippen molar-refractivity contribution in [3.05, 3.63) is 138 Å². The normalized spacial score (nSPS) is 18.0. The summed E-state index contributed by atoms with van der Waals surface area (Å²) >= 11 is 24.4. The Morgan fingerprint density at radius 1 is 0.705 bits per heavy atom. The Bertz CT molecular complexity index is 2200. The van der Waals surface area contributed by atoms with Gasteiger partial charge < -0.3 is 30.2 Å². The molecule has 1 saturated heterocycles. The van der Waals surface area contributed by atoms with Crippen LogP contribution in [-0.4, -0.2) is 54.3 Å². The van der Waals surface area contributed by atoms with Crippen LogP contribution in [0.5, 0.6) is 0 Å². The van der Waals surface area contributed by atoms with Gasteiger partial charge in [0.25, 0.3) is 0 Å². The molecule has 324 valence electrons. The Balaban J connectivity index is 0.000000213. The van der Waals surface area contributed by atoms with Crippen molar-refractivity contribution in [3.8, 4) is 0 Å². The Morgan fingerprint density at radius 3 is 1.56 bits per heavy atom. The average Bonchev–Trinajstić information content (AvgIpc) is 4.15. The van der Waals surface area contributed by atoms with E-state index >= 15 is 0 Å². The zero-order chi connectivity index (χ0) is 44.8. The average molecular weight is 913 g/mol. The van der Waals surface area contributed by atoms with Gasteiger partial charge in [-0.25, -0.2) is 9.59 Å². The molecule has 1 heterocycles. The molecule has 0 spiro atoms. The third-order valence-corrected chi connectivity index (χ3v) is 11.3. The number of amides is 2. The van der Waals surface area contributed by atoms with Crippen molar-refractivity contribution in [1.29, 1.82) is 0 Å². The first-order valence-corrected chi connectivity index (χ1v) is 21.3. The minimum atomic E-state index is -0.878. The number of carbonyl (C=O) groups is 5. The molecule has 2 amide bonds. The van der Waals surface area contributed by atoms with Crippen molar-refractivity contribution in [2.24, 2.45) is 17.6 Å². The maximum atomic E-state index is 13.6. The molecule has 4 atom stereocenters. The van der Waals surface area contributed by atoms with Crippen LogP contribution in [0, 0.1) is 11.8 Å². The highest BCUT2D eigenvalue weighted by Crippen LogP contribution is 2.49. The van der Waals surface area contributed by atoms with Crippen LogP contribution in [0.2, 0.25) is 20.1 Å². The predicted molar refractivity (Wildman–Crippen MR) is 238 cm³/mol. The van der Waals surface area contributed by atoms with Crippen molar-refractivity contribution in [2.75, 3.05) is 14.2 Å². The Morgan fingerprint density at radius 2 is 1.13 bits per heavy atom. The maximum Gasteiger partial charge on any atom is 0.337 e. The third kappa shape index (κ3) is 12.6. The molecule has 2 unspecified atom stereocenters. The number of nitrogens with one attached hydrogen (secondary N) is 2. The largest absolute Gasteiger partial charge is 0.465 e. The second-order valence-electron chi connectivity index (χ2n) is 16.0. The number of nitrogens with two attached hydrogens (primary N) is 1. The standard InChI is InChI=1S/C23H24Cl2N2O3.C20H20Cl2N2O3.C3H6O/c1-23(2)26-19(16-10-17(24)12-18(25)11-16)21(28)27(23)20(13-4-5-13)14-6-8-15(9-7-14)22(29)30-3;1-27-20(26)13-6-4-12(5-7-13)18(11-2-3-11)24-19(25)17(23)14-8-15(21)10-16(22)9-14;1-3(2)4/h6-13,19-20,26H,4-5H2,1-3H3;4-11,17-18H,2-3,23H2,1H3,(H,24,25);1-2H3/t19?,20-;17?,18-;/m11./s1. The first-order chi connectivity index (χ1) is 28.8. The number of carbonyl (C=O) groups excluding carboxylic acids is 5. The maximum absolute atomic E-state index is 13.6. The summed E-state index contributed by atoms with van der Waals surface area (Å²) < 4.78 is 9.51. The number of benzene rings is 4. The molecule has 15 heteroatoms. The quantitative estimate of drug-likeness (QED) is 0.125. The van der Waals surface area contributed by atoms with E-state index in [9.17, 15) is 24.0 Å². The molecule has 11 nitrogen and oxygen atoms in total. The van der Waals surface area contributed by atoms with Crippen molar-refractivity contribution in [1.82, 2.24) is 15.5 Å². The topological polar surface area (TPSA) is 157 Å². The van der Waals surface area contributed by atoms with E-state index in [4.69, 9.17) is 61.6 Å². The molecular formula is C46H50Cl4N4O7. The van der Waals surface area contributed by atoms with Crippen LogP contribution >= 0.6 is 46.4 Å². The summed E-state index contributed by atoms with van der Waals surface area (Å²) in [6.07, 6.45) is 4.19. The number of hydrogen-bond donors (Lipinski definition) is 3. The number of halogens is 4. The summed E-state index contributed by atoms with van der Waals surface area (Å²) in [6.45, 7) is 7.07. The lowest BCUT2D eigenvalue weighted by Crippen LogP contribution is -2.49. The lowest BCUT2D eigenvalue weighted by molar-refractivity contribution is -0.135. The second kappa shape index (κ2) is 20.6. The summed E-state index contributed by atoms with van der Waals surface area (Å²) in [4.78, 5) is 61.1. The van der Waals surface area contributed by atoms with Crippen LogP contribution in [0.25, 0.3) is 0 Å². The molecule has 3 aliphatic rings. The van der Waals surface area contributed by atoms with Crippen molar-refractivity contribution >= 4 is 75.9 Å². The number of nitrogens with zero attached hydrogens (tertiary/aromatic N) is 1. The number of esters is 2. The van der Waals surface area contributed by atoms with E-state index in [1.807, 2.05) is 43.0 Å². The van der Waals surface area contributed by atoms with E-state index in [-0.39, 0.29) is 35.7 Å². The monoisotopic (exact) mass is 910 g/mol. The summed E-state index contributed by atoms with van der Waals surface area (Å²) in [7, 11) is 2.70. The predicted octanol–water partition coefficient (Wildman–Crippen LogP) is 9.78. The van der Waals surface area contributed by atoms with Gasteiger partial charge in [-0.15, -0.1) is 0 Å². The number of methoxy groups -OCH3 is 2. The van der Waals surface area contributed by atoms with Gasteiger partial charge in [-0.1, -0.05) is 70.7 Å². The molecule has 1 aliphatic heterocycles. The smallest absolute Gasteiger partial charge is 0.337 e. The van der Waals surface area contributed by atoms with Crippen LogP contribution < -0.4 is 16.4 Å². The molecule has 0 radical (unpaired) electrons. The molecule has 2 saturated carbocycles. The molecule has 2 aliphatic carbocycles. The first-order valence-electron chi connectivity index (χ1n) is 19.8. The highest BCUT2D eigenvalue weighted by Gasteiger charge is 2.52. The Hall–Kier alpha value is -4.49. The van der Waals surface area contributed by atoms with E-state index in [1.165, 1.54) is 28.1 Å². The lowest BCUT2D eigenvalue weighted by atomic mass is 9.96. The van der Waals surface area contributed by atoms with Crippen LogP contribution in [0.1, 0.15) is 121 Å². The SMILES string of the molecule is CC(C)=O.COC(=O)c1ccc([C@@H](C2CC2)N2C(=O)C(c3cc(Cl)cc(Cl)c3)NC2(C)C)cc1.COC(=O)c1ccc([C@H](NC(=O)C(N)c2cc(Cl)cc(Cl)c2)C2CC2)cc1. The van der Waals surface area contributed by atoms with Crippen molar-refractivity contribution in [3.63, 3.8) is 0 Å². The molecular weight excluding hydrogens is 862 g/mol. The summed E-state index contributed by atoms with van der Waals surface area (Å²) in [5.41, 5.74) is 9.76. The van der Waals surface area contributed by atoms with Gasteiger partial charge in [-0.3, -0.25) is 14.9 Å². The molecule has 4 N–H and O–H groups in total. The number of ether oxygens (including phenoxy) is 2. The number of ketones is 1. The minimum Gasteiger partial charge on any atom is -0.465 e. The molecule has 61 heavy (non-hydrogen) atoms. The van der Waals surface area contributed by atoms with Crippen LogP contribution in [0.4, 0.5) is 0 Å². The summed E-state index contributed by atoms with van der Waals surface area (Å²) in [6, 6.07) is 22.8. The van der Waals surface area contributed by atoms with Gasteiger partial charge in [0.1, 0.15) is 17.9 Å². The van der Waals surface area contributed by atoms with Gasteiger partial charge >= 0.3 is 11.9 Å². The third-order valence-electron chi connectivity index (χ3n) is 10.4. The Kier molecular flexibility index (Phi) is 16.0. The number of hydrogen-bond acceptors (Lipinski definition) is 9. The summed E-state index contributed by atoms with van der Waals surface area (Å²) in [5, 5.41) is 8.34. The van der Waals surface area contributed by atoms with E-state index < -0.39 is 23.7 Å². The van der Waals surface area contributed by atoms with Gasteiger partial charge in [-0.05, 0) is 148 Å². The molecule has 0 bridgehead atoms. The second-order valence-corrected chi connectivity index (χ2v) is 17.7. The fourth-order valence-corrected chi connectivity index (χ4v) is 8.41. The highest BCUT2D eigenvalue weighted by molar-refractivity contribution is 6.35. The number of Topliss-reactive ketones (excluding diaryl/α,β-unsaturated/α-hetero) is 1. The fraction of sp³-hybridized carbons (Fsp3) is 0.370. The fourth-order valence-electron chi connectivity index (χ4n) is 7.33. The molecule has 4 aromatic carbocycles. The molecule has 0 aromatic heterocycles. The highest BCUT2D eigenvalue weighted by atomic mass is 35.5. The van der Waals surface area contributed by atoms with Gasteiger partial charge in [0, 0.05) is 20.1 Å². The van der Waals surface area contributed by atoms with E-state index in [0.717, 1.165) is 42.4 Å². The molecule has 7 rings (SSSR count). The van der Waals surface area contributed by atoms with Gasteiger partial charge in [-0.2, -0.15) is 0 Å². The molecule has 3 fully saturated rings. The van der Waals surface area contributed by atoms with Gasteiger partial charge in [0.2, 0.25) is 11.8 Å². The van der Waals surface area contributed by atoms with Gasteiger partial charge in [0.15, 0.2) is 0 Å². The molecule has 4 aromatic rings. The van der Waals surface area contributed by atoms with Crippen LogP contribution in [-0.2, 0) is 23.9 Å². The first kappa shape index (κ1) is 47.6. The minimum absolute atomic E-state index is 0.00715. The zero-order valence-corrected chi connectivity index (χ0v) is 37.8. The summed E-state index contributed by atoms with van der Waals surface area (Å²) in [5.74, 6) is -0.168. The Labute approximate surface area is 376 Å². The van der Waals surface area contributed by atoms with E-state index in [2.05, 4.69) is 10.6 Å².